The average Bonchev–Trinajstić information content (AvgIpc) is 2.25. The van der Waals surface area contributed by atoms with Crippen molar-refractivity contribution in [3.8, 4) is 11.5 Å². The molecule has 0 fully saturated rings. The standard InChI is InChI=1S/C13H21NO2/c1-6-9-7-11(15-4)12(16-5)8-10(9)13(2,3)14/h7-8H,6,14H2,1-5H3. The van der Waals surface area contributed by atoms with Gasteiger partial charge in [0.2, 0.25) is 0 Å². The lowest BCUT2D eigenvalue weighted by atomic mass is 9.89. The molecule has 0 saturated heterocycles. The summed E-state index contributed by atoms with van der Waals surface area (Å²) in [5.41, 5.74) is 8.09. The first-order valence-corrected chi connectivity index (χ1v) is 5.48. The minimum Gasteiger partial charge on any atom is -0.493 e. The quantitative estimate of drug-likeness (QED) is 0.852. The summed E-state index contributed by atoms with van der Waals surface area (Å²) in [6.45, 7) is 6.09. The summed E-state index contributed by atoms with van der Waals surface area (Å²) in [5.74, 6) is 1.49. The monoisotopic (exact) mass is 223 g/mol. The Morgan fingerprint density at radius 1 is 1.12 bits per heavy atom. The highest BCUT2D eigenvalue weighted by Gasteiger charge is 2.20. The molecule has 0 heterocycles. The molecule has 0 aliphatic rings. The molecule has 0 unspecified atom stereocenters. The number of rotatable bonds is 4. The van der Waals surface area contributed by atoms with E-state index in [1.807, 2.05) is 26.0 Å². The Hall–Kier alpha value is -1.22. The zero-order valence-electron chi connectivity index (χ0n) is 10.8. The first-order chi connectivity index (χ1) is 7.43. The van der Waals surface area contributed by atoms with Crippen molar-refractivity contribution in [1.29, 1.82) is 0 Å². The van der Waals surface area contributed by atoms with E-state index in [0.29, 0.717) is 0 Å². The molecule has 0 radical (unpaired) electrons. The predicted octanol–water partition coefficient (Wildman–Crippen LogP) is 2.46. The number of nitrogens with two attached hydrogens (primary N) is 1. The summed E-state index contributed by atoms with van der Waals surface area (Å²) in [5, 5.41) is 0. The highest BCUT2D eigenvalue weighted by Crippen LogP contribution is 2.34. The van der Waals surface area contributed by atoms with Gasteiger partial charge in [-0.2, -0.15) is 0 Å². The highest BCUT2D eigenvalue weighted by molar-refractivity contribution is 5.49. The summed E-state index contributed by atoms with van der Waals surface area (Å²) in [4.78, 5) is 0. The van der Waals surface area contributed by atoms with Gasteiger partial charge in [-0.05, 0) is 43.5 Å². The van der Waals surface area contributed by atoms with Gasteiger partial charge in [0.05, 0.1) is 14.2 Å². The van der Waals surface area contributed by atoms with Crippen LogP contribution in [0.5, 0.6) is 11.5 Å². The van der Waals surface area contributed by atoms with Crippen LogP contribution in [0, 0.1) is 0 Å². The van der Waals surface area contributed by atoms with E-state index in [4.69, 9.17) is 15.2 Å². The van der Waals surface area contributed by atoms with Gasteiger partial charge in [-0.3, -0.25) is 0 Å². The molecular weight excluding hydrogens is 202 g/mol. The Morgan fingerprint density at radius 3 is 2.00 bits per heavy atom. The van der Waals surface area contributed by atoms with E-state index in [-0.39, 0.29) is 5.54 Å². The summed E-state index contributed by atoms with van der Waals surface area (Å²) in [6, 6.07) is 3.97. The van der Waals surface area contributed by atoms with Crippen molar-refractivity contribution < 1.29 is 9.47 Å². The van der Waals surface area contributed by atoms with Crippen LogP contribution in [0.3, 0.4) is 0 Å². The van der Waals surface area contributed by atoms with E-state index >= 15 is 0 Å². The number of hydrogen-bond donors (Lipinski definition) is 1. The Balaban J connectivity index is 3.38. The van der Waals surface area contributed by atoms with Crippen LogP contribution in [0.1, 0.15) is 31.9 Å². The molecule has 0 saturated carbocycles. The second kappa shape index (κ2) is 4.74. The van der Waals surface area contributed by atoms with E-state index in [0.717, 1.165) is 23.5 Å². The molecule has 1 aromatic carbocycles. The van der Waals surface area contributed by atoms with Gasteiger partial charge in [-0.15, -0.1) is 0 Å². The third-order valence-corrected chi connectivity index (χ3v) is 2.68. The summed E-state index contributed by atoms with van der Waals surface area (Å²) >= 11 is 0. The number of benzene rings is 1. The van der Waals surface area contributed by atoms with E-state index in [1.54, 1.807) is 14.2 Å². The fraction of sp³-hybridized carbons (Fsp3) is 0.538. The predicted molar refractivity (Wildman–Crippen MR) is 66.1 cm³/mol. The molecule has 0 amide bonds. The second-order valence-corrected chi connectivity index (χ2v) is 4.44. The first-order valence-electron chi connectivity index (χ1n) is 5.48. The maximum Gasteiger partial charge on any atom is 0.161 e. The lowest BCUT2D eigenvalue weighted by Gasteiger charge is -2.24. The molecule has 0 aromatic heterocycles. The van der Waals surface area contributed by atoms with E-state index in [9.17, 15) is 0 Å². The molecule has 3 nitrogen and oxygen atoms in total. The Labute approximate surface area is 97.6 Å². The van der Waals surface area contributed by atoms with Gasteiger partial charge < -0.3 is 15.2 Å². The lowest BCUT2D eigenvalue weighted by molar-refractivity contribution is 0.352. The number of aryl methyl sites for hydroxylation is 1. The number of ether oxygens (including phenoxy) is 2. The fourth-order valence-electron chi connectivity index (χ4n) is 1.81. The molecule has 16 heavy (non-hydrogen) atoms. The maximum absolute atomic E-state index is 6.15. The maximum atomic E-state index is 6.15. The zero-order valence-corrected chi connectivity index (χ0v) is 10.8. The van der Waals surface area contributed by atoms with Gasteiger partial charge in [0, 0.05) is 5.54 Å². The van der Waals surface area contributed by atoms with Crippen LogP contribution in [0.25, 0.3) is 0 Å². The zero-order chi connectivity index (χ0) is 12.3. The van der Waals surface area contributed by atoms with Gasteiger partial charge in [0.25, 0.3) is 0 Å². The average molecular weight is 223 g/mol. The fourth-order valence-corrected chi connectivity index (χ4v) is 1.81. The van der Waals surface area contributed by atoms with Crippen molar-refractivity contribution in [2.75, 3.05) is 14.2 Å². The van der Waals surface area contributed by atoms with Gasteiger partial charge in [-0.25, -0.2) is 0 Å². The van der Waals surface area contributed by atoms with Crippen molar-refractivity contribution in [2.45, 2.75) is 32.7 Å². The van der Waals surface area contributed by atoms with Gasteiger partial charge in [0.1, 0.15) is 0 Å². The van der Waals surface area contributed by atoms with Gasteiger partial charge >= 0.3 is 0 Å². The Bertz CT molecular complexity index is 367. The van der Waals surface area contributed by atoms with Crippen LogP contribution in [0.4, 0.5) is 0 Å². The normalized spacial score (nSPS) is 11.4. The largest absolute Gasteiger partial charge is 0.493 e. The molecular formula is C13H21NO2. The van der Waals surface area contributed by atoms with E-state index in [2.05, 4.69) is 6.92 Å². The Morgan fingerprint density at radius 2 is 1.62 bits per heavy atom. The molecule has 0 atom stereocenters. The molecule has 2 N–H and O–H groups in total. The van der Waals surface area contributed by atoms with Crippen LogP contribution in [-0.4, -0.2) is 14.2 Å². The lowest BCUT2D eigenvalue weighted by Crippen LogP contribution is -2.30. The third kappa shape index (κ3) is 2.47. The third-order valence-electron chi connectivity index (χ3n) is 2.68. The minimum absolute atomic E-state index is 0.370. The smallest absolute Gasteiger partial charge is 0.161 e. The molecule has 0 aliphatic carbocycles. The SMILES string of the molecule is CCc1cc(OC)c(OC)cc1C(C)(C)N. The summed E-state index contributed by atoms with van der Waals surface area (Å²) < 4.78 is 10.6. The minimum atomic E-state index is -0.370. The van der Waals surface area contributed by atoms with E-state index in [1.165, 1.54) is 5.56 Å². The van der Waals surface area contributed by atoms with Crippen LogP contribution >= 0.6 is 0 Å². The Kier molecular flexibility index (Phi) is 3.81. The highest BCUT2D eigenvalue weighted by atomic mass is 16.5. The van der Waals surface area contributed by atoms with Crippen LogP contribution < -0.4 is 15.2 Å². The molecule has 3 heteroatoms. The molecule has 90 valence electrons. The molecule has 1 rings (SSSR count). The van der Waals surface area contributed by atoms with Crippen molar-refractivity contribution >= 4 is 0 Å². The van der Waals surface area contributed by atoms with Gasteiger partial charge in [0.15, 0.2) is 11.5 Å². The van der Waals surface area contributed by atoms with Crippen molar-refractivity contribution in [2.24, 2.45) is 5.73 Å². The first kappa shape index (κ1) is 12.8. The second-order valence-electron chi connectivity index (χ2n) is 4.44. The van der Waals surface area contributed by atoms with Crippen LogP contribution in [0.15, 0.2) is 12.1 Å². The summed E-state index contributed by atoms with van der Waals surface area (Å²) in [6.07, 6.45) is 0.927. The molecule has 0 bridgehead atoms. The number of hydrogen-bond acceptors (Lipinski definition) is 3. The van der Waals surface area contributed by atoms with Crippen molar-refractivity contribution in [1.82, 2.24) is 0 Å². The van der Waals surface area contributed by atoms with Crippen LogP contribution in [0.2, 0.25) is 0 Å². The molecule has 0 aliphatic heterocycles. The van der Waals surface area contributed by atoms with Gasteiger partial charge in [-0.1, -0.05) is 6.92 Å². The topological polar surface area (TPSA) is 44.5 Å². The van der Waals surface area contributed by atoms with Crippen molar-refractivity contribution in [3.63, 3.8) is 0 Å². The van der Waals surface area contributed by atoms with Crippen molar-refractivity contribution in [3.05, 3.63) is 23.3 Å². The van der Waals surface area contributed by atoms with E-state index < -0.39 is 0 Å². The summed E-state index contributed by atoms with van der Waals surface area (Å²) in [7, 11) is 3.28. The molecule has 1 aromatic rings. The van der Waals surface area contributed by atoms with Crippen LogP contribution in [-0.2, 0) is 12.0 Å². The number of methoxy groups -OCH3 is 2. The molecule has 0 spiro atoms.